The van der Waals surface area contributed by atoms with Crippen molar-refractivity contribution >= 4 is 10.8 Å². The molecule has 1 aromatic heterocycles. The fourth-order valence-electron chi connectivity index (χ4n) is 2.04. The number of nitrogens with zero attached hydrogens (tertiary/aromatic N) is 2. The van der Waals surface area contributed by atoms with E-state index >= 15 is 0 Å². The van der Waals surface area contributed by atoms with Crippen LogP contribution in [0.1, 0.15) is 11.1 Å². The number of hydrogen-bond donors (Lipinski definition) is 0. The molecule has 1 radical (unpaired) electrons. The molecule has 2 aromatic carbocycles. The Kier molecular flexibility index (Phi) is 4.08. The molecule has 0 saturated heterocycles. The van der Waals surface area contributed by atoms with Gasteiger partial charge in [0.2, 0.25) is 0 Å². The second kappa shape index (κ2) is 5.60. The van der Waals surface area contributed by atoms with Crippen LogP contribution in [0.4, 0.5) is 0 Å². The summed E-state index contributed by atoms with van der Waals surface area (Å²) in [6.07, 6.45) is 1.80. The number of rotatable bonds is 1. The molecule has 19 heavy (non-hydrogen) atoms. The zero-order valence-corrected chi connectivity index (χ0v) is 13.2. The molecular formula is C16H13IrN2-. The van der Waals surface area contributed by atoms with Crippen molar-refractivity contribution in [2.75, 3.05) is 0 Å². The minimum absolute atomic E-state index is 0. The van der Waals surface area contributed by atoms with Gasteiger partial charge in [0.25, 0.3) is 0 Å². The van der Waals surface area contributed by atoms with Gasteiger partial charge >= 0.3 is 0 Å². The van der Waals surface area contributed by atoms with Gasteiger partial charge in [-0.05, 0) is 17.7 Å². The van der Waals surface area contributed by atoms with Crippen LogP contribution in [-0.4, -0.2) is 10.2 Å². The fourth-order valence-corrected chi connectivity index (χ4v) is 2.04. The first-order valence-corrected chi connectivity index (χ1v) is 5.95. The third-order valence-electron chi connectivity index (χ3n) is 3.04. The molecule has 0 spiro atoms. The molecule has 2 nitrogen and oxygen atoms in total. The van der Waals surface area contributed by atoms with Crippen LogP contribution in [0.5, 0.6) is 0 Å². The molecule has 0 bridgehead atoms. The van der Waals surface area contributed by atoms with Crippen molar-refractivity contribution in [3.05, 3.63) is 59.8 Å². The van der Waals surface area contributed by atoms with Gasteiger partial charge < -0.3 is 0 Å². The summed E-state index contributed by atoms with van der Waals surface area (Å²) >= 11 is 0. The maximum atomic E-state index is 4.27. The number of aromatic nitrogens is 2. The van der Waals surface area contributed by atoms with Crippen molar-refractivity contribution < 1.29 is 20.1 Å². The Balaban J connectivity index is 0.00000133. The van der Waals surface area contributed by atoms with Crippen molar-refractivity contribution in [2.24, 2.45) is 0 Å². The minimum Gasteiger partial charge on any atom is -0.200 e. The average molecular weight is 426 g/mol. The Morgan fingerprint density at radius 1 is 1.00 bits per heavy atom. The first-order valence-electron chi connectivity index (χ1n) is 5.95. The SMILES string of the molecule is Cc1c[c-]c(-c2nncc3ccc(C)cc23)cc1.[Ir]. The van der Waals surface area contributed by atoms with Crippen LogP contribution >= 0.6 is 0 Å². The molecule has 0 atom stereocenters. The van der Waals surface area contributed by atoms with E-state index in [1.54, 1.807) is 6.20 Å². The zero-order valence-electron chi connectivity index (χ0n) is 10.8. The van der Waals surface area contributed by atoms with Crippen molar-refractivity contribution in [1.82, 2.24) is 10.2 Å². The van der Waals surface area contributed by atoms with Crippen molar-refractivity contribution in [1.29, 1.82) is 0 Å². The van der Waals surface area contributed by atoms with Crippen molar-refractivity contribution in [2.45, 2.75) is 13.8 Å². The van der Waals surface area contributed by atoms with Crippen molar-refractivity contribution in [3.63, 3.8) is 0 Å². The second-order valence-electron chi connectivity index (χ2n) is 4.56. The Bertz CT molecular complexity index is 706. The summed E-state index contributed by atoms with van der Waals surface area (Å²) in [6.45, 7) is 4.14. The fraction of sp³-hybridized carbons (Fsp3) is 0.125. The molecule has 97 valence electrons. The Morgan fingerprint density at radius 3 is 2.53 bits per heavy atom. The summed E-state index contributed by atoms with van der Waals surface area (Å²) in [5.74, 6) is 0. The predicted molar refractivity (Wildman–Crippen MR) is 73.3 cm³/mol. The van der Waals surface area contributed by atoms with E-state index in [-0.39, 0.29) is 20.1 Å². The maximum Gasteiger partial charge on any atom is 0.0557 e. The molecule has 0 amide bonds. The summed E-state index contributed by atoms with van der Waals surface area (Å²) in [7, 11) is 0. The third-order valence-corrected chi connectivity index (χ3v) is 3.04. The van der Waals surface area contributed by atoms with Gasteiger partial charge in [-0.1, -0.05) is 30.7 Å². The molecule has 0 unspecified atom stereocenters. The maximum absolute atomic E-state index is 4.27. The number of benzene rings is 2. The van der Waals surface area contributed by atoms with Gasteiger partial charge in [0.1, 0.15) is 0 Å². The minimum atomic E-state index is 0. The van der Waals surface area contributed by atoms with E-state index in [9.17, 15) is 0 Å². The first-order chi connectivity index (χ1) is 8.74. The molecule has 3 heteroatoms. The van der Waals surface area contributed by atoms with E-state index in [0.717, 1.165) is 22.0 Å². The standard InChI is InChI=1S/C16H13N2.Ir/c1-11-3-6-13(7-4-11)16-15-9-12(2)5-8-14(15)10-17-18-16;/h3-6,8-10H,1-2H3;/q-1;. The first kappa shape index (κ1) is 13.9. The van der Waals surface area contributed by atoms with Crippen LogP contribution in [0.15, 0.2) is 42.6 Å². The van der Waals surface area contributed by atoms with Crippen LogP contribution in [0.25, 0.3) is 22.0 Å². The van der Waals surface area contributed by atoms with Crippen LogP contribution in [0.3, 0.4) is 0 Å². The largest absolute Gasteiger partial charge is 0.200 e. The molecule has 0 N–H and O–H groups in total. The van der Waals surface area contributed by atoms with E-state index in [1.807, 2.05) is 12.1 Å². The van der Waals surface area contributed by atoms with E-state index < -0.39 is 0 Å². The van der Waals surface area contributed by atoms with Gasteiger partial charge in [0, 0.05) is 25.8 Å². The van der Waals surface area contributed by atoms with Crippen LogP contribution in [0.2, 0.25) is 0 Å². The molecule has 0 aliphatic carbocycles. The summed E-state index contributed by atoms with van der Waals surface area (Å²) in [5, 5.41) is 10.6. The Morgan fingerprint density at radius 2 is 1.79 bits per heavy atom. The Hall–Kier alpha value is -1.57. The molecule has 0 aliphatic rings. The summed E-state index contributed by atoms with van der Waals surface area (Å²) in [4.78, 5) is 0. The molecule has 0 saturated carbocycles. The van der Waals surface area contributed by atoms with Crippen LogP contribution < -0.4 is 0 Å². The van der Waals surface area contributed by atoms with Crippen molar-refractivity contribution in [3.8, 4) is 11.3 Å². The van der Waals surface area contributed by atoms with Crippen LogP contribution in [-0.2, 0) is 20.1 Å². The monoisotopic (exact) mass is 426 g/mol. The molecule has 0 aliphatic heterocycles. The number of aryl methyl sites for hydroxylation is 2. The Labute approximate surface area is 126 Å². The molecule has 0 fully saturated rings. The van der Waals surface area contributed by atoms with E-state index in [4.69, 9.17) is 0 Å². The second-order valence-corrected chi connectivity index (χ2v) is 4.56. The zero-order chi connectivity index (χ0) is 12.5. The summed E-state index contributed by atoms with van der Waals surface area (Å²) < 4.78 is 0. The van der Waals surface area contributed by atoms with E-state index in [1.165, 1.54) is 11.1 Å². The van der Waals surface area contributed by atoms with E-state index in [2.05, 4.69) is 54.4 Å². The molecule has 3 aromatic rings. The third kappa shape index (κ3) is 2.73. The smallest absolute Gasteiger partial charge is 0.0557 e. The van der Waals surface area contributed by atoms with Gasteiger partial charge in [-0.2, -0.15) is 5.10 Å². The quantitative estimate of drug-likeness (QED) is 0.556. The normalized spacial score (nSPS) is 10.2. The van der Waals surface area contributed by atoms with Gasteiger partial charge in [-0.3, -0.25) is 0 Å². The molecule has 3 rings (SSSR count). The van der Waals surface area contributed by atoms with Gasteiger partial charge in [0.05, 0.1) is 6.20 Å². The topological polar surface area (TPSA) is 25.8 Å². The average Bonchev–Trinajstić information content (AvgIpc) is 2.39. The van der Waals surface area contributed by atoms with Crippen LogP contribution in [0, 0.1) is 19.9 Å². The number of hydrogen-bond acceptors (Lipinski definition) is 2. The van der Waals surface area contributed by atoms with Gasteiger partial charge in [-0.15, -0.1) is 35.4 Å². The predicted octanol–water partition coefficient (Wildman–Crippen LogP) is 3.71. The summed E-state index contributed by atoms with van der Waals surface area (Å²) in [6, 6.07) is 15.7. The molecule has 1 heterocycles. The number of fused-ring (bicyclic) bond motifs is 1. The van der Waals surface area contributed by atoms with Gasteiger partial charge in [-0.25, -0.2) is 5.10 Å². The van der Waals surface area contributed by atoms with E-state index in [0.29, 0.717) is 0 Å². The summed E-state index contributed by atoms with van der Waals surface area (Å²) in [5.41, 5.74) is 4.31. The molecular weight excluding hydrogens is 412 g/mol. The van der Waals surface area contributed by atoms with Gasteiger partial charge in [0.15, 0.2) is 0 Å².